The number of rotatable bonds is 4. The summed E-state index contributed by atoms with van der Waals surface area (Å²) < 4.78 is 0. The highest BCUT2D eigenvalue weighted by atomic mass is 16.2. The molecule has 0 aromatic heterocycles. The summed E-state index contributed by atoms with van der Waals surface area (Å²) in [5, 5.41) is 6.53. The first-order valence-corrected chi connectivity index (χ1v) is 10.3. The minimum absolute atomic E-state index is 0.0364. The third-order valence-electron chi connectivity index (χ3n) is 6.81. The molecule has 2 aliphatic heterocycles. The van der Waals surface area contributed by atoms with Gasteiger partial charge in [-0.05, 0) is 24.8 Å². The lowest BCUT2D eigenvalue weighted by molar-refractivity contribution is -0.136. The number of benzene rings is 1. The Morgan fingerprint density at radius 3 is 2.75 bits per heavy atom. The largest absolute Gasteiger partial charge is 0.352 e. The topological polar surface area (TPSA) is 61.4 Å². The van der Waals surface area contributed by atoms with Crippen LogP contribution in [0.25, 0.3) is 0 Å². The number of terminal acetylenes is 1. The Bertz CT molecular complexity index is 798. The Hall–Kier alpha value is -2.32. The van der Waals surface area contributed by atoms with Gasteiger partial charge in [0.1, 0.15) is 0 Å². The fourth-order valence-corrected chi connectivity index (χ4v) is 4.88. The van der Waals surface area contributed by atoms with Crippen LogP contribution < -0.4 is 10.6 Å². The lowest BCUT2D eigenvalue weighted by atomic mass is 9.75. The lowest BCUT2D eigenvalue weighted by Crippen LogP contribution is -2.52. The van der Waals surface area contributed by atoms with Crippen LogP contribution >= 0.6 is 0 Å². The Labute approximate surface area is 167 Å². The van der Waals surface area contributed by atoms with E-state index in [-0.39, 0.29) is 35.9 Å². The van der Waals surface area contributed by atoms with E-state index in [1.54, 1.807) is 0 Å². The number of carbonyl (C=O) groups is 2. The first kappa shape index (κ1) is 19.0. The second-order valence-corrected chi connectivity index (χ2v) is 8.94. The first-order chi connectivity index (χ1) is 13.4. The molecular weight excluding hydrogens is 350 g/mol. The fourth-order valence-electron chi connectivity index (χ4n) is 4.88. The molecule has 0 bridgehead atoms. The Kier molecular flexibility index (Phi) is 4.93. The van der Waals surface area contributed by atoms with Crippen molar-refractivity contribution in [2.45, 2.75) is 57.2 Å². The van der Waals surface area contributed by atoms with Gasteiger partial charge in [0.15, 0.2) is 0 Å². The van der Waals surface area contributed by atoms with Crippen LogP contribution in [0.2, 0.25) is 0 Å². The van der Waals surface area contributed by atoms with Crippen molar-refractivity contribution >= 4 is 11.8 Å². The van der Waals surface area contributed by atoms with E-state index in [0.717, 1.165) is 19.3 Å². The number of nitrogens with zero attached hydrogens (tertiary/aromatic N) is 1. The molecule has 5 atom stereocenters. The lowest BCUT2D eigenvalue weighted by Gasteiger charge is -2.34. The minimum atomic E-state index is -0.458. The Morgan fingerprint density at radius 1 is 1.29 bits per heavy atom. The molecule has 1 aromatic rings. The maximum Gasteiger partial charge on any atom is 0.241 e. The fraction of sp³-hybridized carbons (Fsp3) is 0.565. The van der Waals surface area contributed by atoms with Gasteiger partial charge in [-0.3, -0.25) is 9.59 Å². The van der Waals surface area contributed by atoms with Crippen molar-refractivity contribution in [3.63, 3.8) is 0 Å². The maximum atomic E-state index is 13.1. The SMILES string of the molecule is C#C[C@@H]1CCCN1C(=O)[C@H]1NC[C@@H](C(=O)N[C@H]2C[C@H]2c2ccccc2)C1(C)C. The monoisotopic (exact) mass is 379 g/mol. The van der Waals surface area contributed by atoms with E-state index in [4.69, 9.17) is 6.42 Å². The van der Waals surface area contributed by atoms with Crippen molar-refractivity contribution in [3.8, 4) is 12.3 Å². The molecule has 0 spiro atoms. The summed E-state index contributed by atoms with van der Waals surface area (Å²) in [5.74, 6) is 2.99. The molecule has 4 rings (SSSR count). The van der Waals surface area contributed by atoms with Gasteiger partial charge in [-0.25, -0.2) is 0 Å². The molecule has 148 valence electrons. The number of carbonyl (C=O) groups excluding carboxylic acids is 2. The molecule has 2 saturated heterocycles. The summed E-state index contributed by atoms with van der Waals surface area (Å²) in [5.41, 5.74) is 0.819. The third-order valence-corrected chi connectivity index (χ3v) is 6.81. The van der Waals surface area contributed by atoms with Gasteiger partial charge in [0.05, 0.1) is 18.0 Å². The highest BCUT2D eigenvalue weighted by Crippen LogP contribution is 2.42. The molecule has 5 nitrogen and oxygen atoms in total. The van der Waals surface area contributed by atoms with Crippen LogP contribution in [0.15, 0.2) is 30.3 Å². The zero-order valence-electron chi connectivity index (χ0n) is 16.7. The molecule has 5 heteroatoms. The van der Waals surface area contributed by atoms with Gasteiger partial charge < -0.3 is 15.5 Å². The molecule has 2 heterocycles. The zero-order chi connectivity index (χ0) is 19.9. The van der Waals surface area contributed by atoms with Crippen molar-refractivity contribution in [3.05, 3.63) is 35.9 Å². The zero-order valence-corrected chi connectivity index (χ0v) is 16.7. The standard InChI is InChI=1S/C23H29N3O2/c1-4-16-11-8-12-26(16)22(28)20-23(2,3)18(14-24-20)21(27)25-19-13-17(19)15-9-6-5-7-10-15/h1,5-7,9-10,16-20,24H,8,11-14H2,2-3H3,(H,25,27)/t16-,17+,18+,19+,20-/m1/s1. The molecule has 1 saturated carbocycles. The van der Waals surface area contributed by atoms with E-state index in [2.05, 4.69) is 28.7 Å². The number of nitrogens with one attached hydrogen (secondary N) is 2. The second kappa shape index (κ2) is 7.25. The molecule has 1 aliphatic carbocycles. The minimum Gasteiger partial charge on any atom is -0.352 e. The van der Waals surface area contributed by atoms with Crippen molar-refractivity contribution in [2.24, 2.45) is 11.3 Å². The molecule has 2 amide bonds. The quantitative estimate of drug-likeness (QED) is 0.786. The smallest absolute Gasteiger partial charge is 0.241 e. The Morgan fingerprint density at radius 2 is 2.04 bits per heavy atom. The molecule has 2 N–H and O–H groups in total. The molecule has 3 aliphatic rings. The molecular formula is C23H29N3O2. The number of likely N-dealkylation sites (tertiary alicyclic amines) is 1. The number of hydrogen-bond acceptors (Lipinski definition) is 3. The number of hydrogen-bond donors (Lipinski definition) is 2. The van der Waals surface area contributed by atoms with Crippen LogP contribution in [-0.2, 0) is 9.59 Å². The van der Waals surface area contributed by atoms with Crippen LogP contribution in [-0.4, -0.2) is 47.9 Å². The number of amides is 2. The highest BCUT2D eigenvalue weighted by Gasteiger charge is 2.52. The van der Waals surface area contributed by atoms with E-state index >= 15 is 0 Å². The van der Waals surface area contributed by atoms with Gasteiger partial charge in [0.25, 0.3) is 0 Å². The van der Waals surface area contributed by atoms with Crippen LogP contribution in [0.1, 0.15) is 44.6 Å². The summed E-state index contributed by atoms with van der Waals surface area (Å²) in [6.07, 6.45) is 8.39. The summed E-state index contributed by atoms with van der Waals surface area (Å²) in [4.78, 5) is 27.9. The van der Waals surface area contributed by atoms with E-state index in [9.17, 15) is 9.59 Å². The average molecular weight is 380 g/mol. The van der Waals surface area contributed by atoms with E-state index in [0.29, 0.717) is 19.0 Å². The maximum absolute atomic E-state index is 13.1. The summed E-state index contributed by atoms with van der Waals surface area (Å²) >= 11 is 0. The average Bonchev–Trinajstić information content (AvgIpc) is 3.14. The van der Waals surface area contributed by atoms with Crippen LogP contribution in [0, 0.1) is 23.7 Å². The van der Waals surface area contributed by atoms with Gasteiger partial charge >= 0.3 is 0 Å². The van der Waals surface area contributed by atoms with Crippen molar-refractivity contribution in [1.82, 2.24) is 15.5 Å². The van der Waals surface area contributed by atoms with E-state index in [1.807, 2.05) is 36.9 Å². The molecule has 1 aromatic carbocycles. The summed E-state index contributed by atoms with van der Waals surface area (Å²) in [6.45, 7) is 5.26. The van der Waals surface area contributed by atoms with E-state index < -0.39 is 5.41 Å². The molecule has 28 heavy (non-hydrogen) atoms. The second-order valence-electron chi connectivity index (χ2n) is 8.94. The van der Waals surface area contributed by atoms with Crippen molar-refractivity contribution in [1.29, 1.82) is 0 Å². The summed E-state index contributed by atoms with van der Waals surface area (Å²) in [7, 11) is 0. The van der Waals surface area contributed by atoms with Gasteiger partial charge in [-0.1, -0.05) is 50.1 Å². The normalized spacial score (nSPS) is 33.3. The predicted molar refractivity (Wildman–Crippen MR) is 108 cm³/mol. The predicted octanol–water partition coefficient (Wildman–Crippen LogP) is 1.90. The van der Waals surface area contributed by atoms with Crippen molar-refractivity contribution < 1.29 is 9.59 Å². The van der Waals surface area contributed by atoms with E-state index in [1.165, 1.54) is 5.56 Å². The van der Waals surface area contributed by atoms with Gasteiger partial charge in [0, 0.05) is 30.5 Å². The highest BCUT2D eigenvalue weighted by molar-refractivity contribution is 5.88. The third kappa shape index (κ3) is 3.31. The van der Waals surface area contributed by atoms with Crippen LogP contribution in [0.5, 0.6) is 0 Å². The van der Waals surface area contributed by atoms with Crippen LogP contribution in [0.4, 0.5) is 0 Å². The molecule has 0 unspecified atom stereocenters. The van der Waals surface area contributed by atoms with Crippen molar-refractivity contribution in [2.75, 3.05) is 13.1 Å². The molecule has 3 fully saturated rings. The Balaban J connectivity index is 1.39. The van der Waals surface area contributed by atoms with Gasteiger partial charge in [-0.15, -0.1) is 6.42 Å². The molecule has 0 radical (unpaired) electrons. The van der Waals surface area contributed by atoms with Gasteiger partial charge in [-0.2, -0.15) is 0 Å². The van der Waals surface area contributed by atoms with Gasteiger partial charge in [0.2, 0.25) is 11.8 Å². The van der Waals surface area contributed by atoms with Crippen LogP contribution in [0.3, 0.4) is 0 Å². The first-order valence-electron chi connectivity index (χ1n) is 10.3. The summed E-state index contributed by atoms with van der Waals surface area (Å²) in [6, 6.07) is 10.0.